The minimum atomic E-state index is 0.374. The van der Waals surface area contributed by atoms with E-state index in [1.165, 1.54) is 37.0 Å². The molecule has 1 spiro atoms. The van der Waals surface area contributed by atoms with Crippen molar-refractivity contribution in [3.05, 3.63) is 22.4 Å². The lowest BCUT2D eigenvalue weighted by atomic mass is 10.0. The lowest BCUT2D eigenvalue weighted by molar-refractivity contribution is -0.133. The maximum Gasteiger partial charge on any atom is 0.226 e. The van der Waals surface area contributed by atoms with Gasteiger partial charge in [-0.3, -0.25) is 9.69 Å². The first-order valence-corrected chi connectivity index (χ1v) is 9.68. The fourth-order valence-corrected chi connectivity index (χ4v) is 5.27. The molecule has 3 aliphatic rings. The van der Waals surface area contributed by atoms with Crippen LogP contribution < -0.4 is 0 Å². The molecule has 3 nitrogen and oxygen atoms in total. The Hall–Kier alpha value is -0.870. The fraction of sp³-hybridized carbons (Fsp3) is 0.722. The number of hydrogen-bond donors (Lipinski definition) is 0. The fourth-order valence-electron chi connectivity index (χ4n) is 4.52. The van der Waals surface area contributed by atoms with Gasteiger partial charge in [0.15, 0.2) is 0 Å². The molecular weight excluding hydrogens is 292 g/mol. The van der Waals surface area contributed by atoms with Gasteiger partial charge in [0.2, 0.25) is 5.91 Å². The van der Waals surface area contributed by atoms with Crippen molar-refractivity contribution in [1.82, 2.24) is 9.80 Å². The molecule has 2 heterocycles. The number of carbonyl (C=O) groups excluding carboxylic acids is 1. The van der Waals surface area contributed by atoms with Gasteiger partial charge in [0.05, 0.1) is 0 Å². The molecule has 1 aliphatic heterocycles. The van der Waals surface area contributed by atoms with E-state index in [9.17, 15) is 4.79 Å². The average molecular weight is 318 g/mol. The van der Waals surface area contributed by atoms with Crippen molar-refractivity contribution < 1.29 is 4.79 Å². The second-order valence-corrected chi connectivity index (χ2v) is 8.39. The first-order valence-electron chi connectivity index (χ1n) is 8.80. The highest BCUT2D eigenvalue weighted by Crippen LogP contribution is 2.63. The van der Waals surface area contributed by atoms with Gasteiger partial charge in [0, 0.05) is 43.5 Å². The van der Waals surface area contributed by atoms with E-state index < -0.39 is 0 Å². The zero-order valence-corrected chi connectivity index (χ0v) is 14.1. The Balaban J connectivity index is 1.32. The summed E-state index contributed by atoms with van der Waals surface area (Å²) in [6.07, 6.45) is 7.61. The van der Waals surface area contributed by atoms with Crippen molar-refractivity contribution in [2.75, 3.05) is 26.2 Å². The van der Waals surface area contributed by atoms with Gasteiger partial charge in [0.1, 0.15) is 0 Å². The maximum absolute atomic E-state index is 12.8. The van der Waals surface area contributed by atoms with Crippen molar-refractivity contribution >= 4 is 17.2 Å². The Bertz CT molecular complexity index is 521. The van der Waals surface area contributed by atoms with Crippen LogP contribution in [-0.2, 0) is 11.3 Å². The van der Waals surface area contributed by atoms with Crippen LogP contribution in [0.15, 0.2) is 17.5 Å². The van der Waals surface area contributed by atoms with E-state index in [0.717, 1.165) is 39.1 Å². The van der Waals surface area contributed by atoms with Crippen LogP contribution in [0.3, 0.4) is 0 Å². The maximum atomic E-state index is 12.8. The normalized spacial score (nSPS) is 28.0. The molecule has 0 bridgehead atoms. The molecule has 4 rings (SSSR count). The third-order valence-electron chi connectivity index (χ3n) is 5.95. The third kappa shape index (κ3) is 2.83. The summed E-state index contributed by atoms with van der Waals surface area (Å²) in [7, 11) is 0. The summed E-state index contributed by atoms with van der Waals surface area (Å²) in [4.78, 5) is 18.9. The van der Waals surface area contributed by atoms with Crippen LogP contribution in [0.1, 0.15) is 43.4 Å². The summed E-state index contributed by atoms with van der Waals surface area (Å²) < 4.78 is 0. The molecule has 1 amide bonds. The van der Waals surface area contributed by atoms with Gasteiger partial charge in [0.25, 0.3) is 0 Å². The van der Waals surface area contributed by atoms with E-state index in [1.807, 2.05) is 11.3 Å². The number of carbonyl (C=O) groups is 1. The first-order chi connectivity index (χ1) is 10.8. The summed E-state index contributed by atoms with van der Waals surface area (Å²) in [6, 6.07) is 4.34. The van der Waals surface area contributed by atoms with Crippen molar-refractivity contribution in [2.45, 2.75) is 45.1 Å². The molecule has 3 fully saturated rings. The molecule has 2 aliphatic carbocycles. The monoisotopic (exact) mass is 318 g/mol. The SMILES string of the molecule is O=C([C@@H]1CC12CCCC2)N1CCCN(Cc2cccs2)CC1. The highest BCUT2D eigenvalue weighted by Gasteiger charge is 2.59. The van der Waals surface area contributed by atoms with Gasteiger partial charge >= 0.3 is 0 Å². The summed E-state index contributed by atoms with van der Waals surface area (Å²) in [5.74, 6) is 0.846. The minimum absolute atomic E-state index is 0.374. The van der Waals surface area contributed by atoms with Crippen molar-refractivity contribution in [2.24, 2.45) is 11.3 Å². The Kier molecular flexibility index (Phi) is 3.99. The predicted octanol–water partition coefficient (Wildman–Crippen LogP) is 3.36. The second kappa shape index (κ2) is 5.97. The molecule has 0 N–H and O–H groups in total. The number of thiophene rings is 1. The Morgan fingerprint density at radius 3 is 2.82 bits per heavy atom. The summed E-state index contributed by atoms with van der Waals surface area (Å²) in [5.41, 5.74) is 0.444. The van der Waals surface area contributed by atoms with Crippen molar-refractivity contribution in [1.29, 1.82) is 0 Å². The van der Waals surface area contributed by atoms with Crippen LogP contribution in [0, 0.1) is 11.3 Å². The van der Waals surface area contributed by atoms with Crippen molar-refractivity contribution in [3.8, 4) is 0 Å². The van der Waals surface area contributed by atoms with E-state index in [0.29, 0.717) is 17.2 Å². The highest BCUT2D eigenvalue weighted by atomic mass is 32.1. The second-order valence-electron chi connectivity index (χ2n) is 7.36. The lowest BCUT2D eigenvalue weighted by Gasteiger charge is -2.23. The zero-order valence-electron chi connectivity index (χ0n) is 13.3. The zero-order chi connectivity index (χ0) is 15.0. The molecule has 1 aromatic rings. The van der Waals surface area contributed by atoms with Gasteiger partial charge in [-0.1, -0.05) is 18.9 Å². The number of nitrogens with zero attached hydrogens (tertiary/aromatic N) is 2. The van der Waals surface area contributed by atoms with Gasteiger partial charge in [-0.25, -0.2) is 0 Å². The predicted molar refractivity (Wildman–Crippen MR) is 89.8 cm³/mol. The van der Waals surface area contributed by atoms with Crippen LogP contribution in [0.2, 0.25) is 0 Å². The summed E-state index contributed by atoms with van der Waals surface area (Å²) in [5, 5.41) is 2.15. The van der Waals surface area contributed by atoms with E-state index in [1.54, 1.807) is 0 Å². The molecule has 0 radical (unpaired) electrons. The Morgan fingerprint density at radius 1 is 1.18 bits per heavy atom. The smallest absolute Gasteiger partial charge is 0.226 e. The Labute approximate surface area is 137 Å². The van der Waals surface area contributed by atoms with E-state index in [-0.39, 0.29) is 0 Å². The van der Waals surface area contributed by atoms with Crippen LogP contribution in [0.4, 0.5) is 0 Å². The topological polar surface area (TPSA) is 23.6 Å². The first kappa shape index (κ1) is 14.7. The van der Waals surface area contributed by atoms with Crippen LogP contribution in [-0.4, -0.2) is 41.9 Å². The molecule has 0 unspecified atom stereocenters. The number of hydrogen-bond acceptors (Lipinski definition) is 3. The molecule has 4 heteroatoms. The van der Waals surface area contributed by atoms with E-state index >= 15 is 0 Å². The lowest BCUT2D eigenvalue weighted by Crippen LogP contribution is -2.36. The third-order valence-corrected chi connectivity index (χ3v) is 6.81. The van der Waals surface area contributed by atoms with Crippen LogP contribution >= 0.6 is 11.3 Å². The van der Waals surface area contributed by atoms with E-state index in [2.05, 4.69) is 27.3 Å². The quantitative estimate of drug-likeness (QED) is 0.853. The van der Waals surface area contributed by atoms with Crippen LogP contribution in [0.5, 0.6) is 0 Å². The summed E-state index contributed by atoms with van der Waals surface area (Å²) >= 11 is 1.84. The molecule has 1 atom stereocenters. The Morgan fingerprint density at radius 2 is 2.05 bits per heavy atom. The van der Waals surface area contributed by atoms with Gasteiger partial charge in [-0.05, 0) is 42.5 Å². The molecule has 1 saturated heterocycles. The number of amides is 1. The minimum Gasteiger partial charge on any atom is -0.341 e. The van der Waals surface area contributed by atoms with E-state index in [4.69, 9.17) is 0 Å². The number of rotatable bonds is 3. The molecule has 1 aromatic heterocycles. The molecule has 120 valence electrons. The standard InChI is InChI=1S/C18H26N2OS/c21-17(16-13-18(16)6-1-2-7-18)20-9-4-8-19(10-11-20)14-15-5-3-12-22-15/h3,5,12,16H,1-2,4,6-11,13-14H2/t16-/m0/s1. The molecular formula is C18H26N2OS. The highest BCUT2D eigenvalue weighted by molar-refractivity contribution is 7.09. The van der Waals surface area contributed by atoms with Gasteiger partial charge in [-0.15, -0.1) is 11.3 Å². The van der Waals surface area contributed by atoms with Gasteiger partial charge < -0.3 is 4.90 Å². The van der Waals surface area contributed by atoms with Crippen LogP contribution in [0.25, 0.3) is 0 Å². The summed E-state index contributed by atoms with van der Waals surface area (Å²) in [6.45, 7) is 5.09. The van der Waals surface area contributed by atoms with Crippen molar-refractivity contribution in [3.63, 3.8) is 0 Å². The largest absolute Gasteiger partial charge is 0.341 e. The average Bonchev–Trinajstić information content (AvgIpc) is 2.81. The molecule has 22 heavy (non-hydrogen) atoms. The molecule has 0 aromatic carbocycles. The molecule has 2 saturated carbocycles. The van der Waals surface area contributed by atoms with Gasteiger partial charge in [-0.2, -0.15) is 0 Å².